The molecule has 0 aromatic heterocycles. The number of hydrogen-bond acceptors (Lipinski definition) is 6. The van der Waals surface area contributed by atoms with Crippen LogP contribution in [0, 0.1) is 0 Å². The van der Waals surface area contributed by atoms with E-state index in [1.54, 1.807) is 12.1 Å². The molecule has 2 unspecified atom stereocenters. The molecule has 6 N–H and O–H groups in total. The summed E-state index contributed by atoms with van der Waals surface area (Å²) in [5, 5.41) is 14.8. The van der Waals surface area contributed by atoms with E-state index < -0.39 is 30.0 Å². The van der Waals surface area contributed by atoms with Crippen LogP contribution in [-0.4, -0.2) is 35.1 Å². The standard InChI is InChI=1S/C26H28N4O5/c27-30-25(33)23(16-19-11-13-21(31)14-12-19)28-24(32)22(15-18-7-3-1-4-8-18)29-26(34)35-17-20-9-5-2-6-10-20/h1-14,22-23,31H,15-17,27H2,(H,28,32)(H,29,34)(H,30,33). The van der Waals surface area contributed by atoms with E-state index in [9.17, 15) is 19.5 Å². The lowest BCUT2D eigenvalue weighted by Crippen LogP contribution is -2.56. The topological polar surface area (TPSA) is 143 Å². The SMILES string of the molecule is NNC(=O)C(Cc1ccc(O)cc1)NC(=O)C(Cc1ccccc1)NC(=O)OCc1ccccc1. The lowest BCUT2D eigenvalue weighted by molar-refractivity contribution is -0.130. The smallest absolute Gasteiger partial charge is 0.408 e. The fourth-order valence-electron chi connectivity index (χ4n) is 3.42. The van der Waals surface area contributed by atoms with E-state index in [0.29, 0.717) is 5.56 Å². The summed E-state index contributed by atoms with van der Waals surface area (Å²) in [4.78, 5) is 38.0. The third-order valence-corrected chi connectivity index (χ3v) is 5.26. The van der Waals surface area contributed by atoms with Crippen LogP contribution in [0.5, 0.6) is 5.75 Å². The molecule has 0 saturated carbocycles. The van der Waals surface area contributed by atoms with Crippen molar-refractivity contribution >= 4 is 17.9 Å². The Hall–Kier alpha value is -4.37. The van der Waals surface area contributed by atoms with Crippen LogP contribution < -0.4 is 21.9 Å². The quantitative estimate of drug-likeness (QED) is 0.172. The van der Waals surface area contributed by atoms with E-state index in [4.69, 9.17) is 10.6 Å². The third kappa shape index (κ3) is 8.17. The van der Waals surface area contributed by atoms with Crippen LogP contribution in [0.1, 0.15) is 16.7 Å². The van der Waals surface area contributed by atoms with Gasteiger partial charge in [0.15, 0.2) is 0 Å². The van der Waals surface area contributed by atoms with Gasteiger partial charge in [-0.15, -0.1) is 0 Å². The molecule has 3 aromatic rings. The summed E-state index contributed by atoms with van der Waals surface area (Å²) in [6, 6.07) is 22.6. The maximum atomic E-state index is 13.2. The molecule has 3 rings (SSSR count). The summed E-state index contributed by atoms with van der Waals surface area (Å²) >= 11 is 0. The second-order valence-electron chi connectivity index (χ2n) is 7.89. The molecule has 0 aliphatic rings. The van der Waals surface area contributed by atoms with Gasteiger partial charge in [-0.25, -0.2) is 10.6 Å². The van der Waals surface area contributed by atoms with Crippen molar-refractivity contribution in [3.63, 3.8) is 0 Å². The number of nitrogens with one attached hydrogen (secondary N) is 3. The molecule has 0 spiro atoms. The number of amides is 3. The Kier molecular flexibility index (Phi) is 9.21. The van der Waals surface area contributed by atoms with Crippen LogP contribution in [0.25, 0.3) is 0 Å². The van der Waals surface area contributed by atoms with Gasteiger partial charge in [-0.05, 0) is 28.8 Å². The maximum absolute atomic E-state index is 13.2. The Labute approximate surface area is 203 Å². The largest absolute Gasteiger partial charge is 0.508 e. The number of hydrazine groups is 1. The first-order valence-corrected chi connectivity index (χ1v) is 11.0. The minimum atomic E-state index is -1.01. The molecule has 182 valence electrons. The van der Waals surface area contributed by atoms with Gasteiger partial charge in [0.25, 0.3) is 5.91 Å². The van der Waals surface area contributed by atoms with Crippen LogP contribution in [0.4, 0.5) is 4.79 Å². The third-order valence-electron chi connectivity index (χ3n) is 5.26. The van der Waals surface area contributed by atoms with E-state index in [2.05, 4.69) is 16.1 Å². The lowest BCUT2D eigenvalue weighted by atomic mass is 10.0. The zero-order chi connectivity index (χ0) is 25.0. The summed E-state index contributed by atoms with van der Waals surface area (Å²) in [7, 11) is 0. The van der Waals surface area contributed by atoms with Gasteiger partial charge in [0, 0.05) is 12.8 Å². The molecule has 0 fully saturated rings. The molecule has 35 heavy (non-hydrogen) atoms. The first kappa shape index (κ1) is 25.3. The molecule has 3 amide bonds. The molecule has 0 bridgehead atoms. The fraction of sp³-hybridized carbons (Fsp3) is 0.192. The number of nitrogens with two attached hydrogens (primary N) is 1. The van der Waals surface area contributed by atoms with E-state index in [-0.39, 0.29) is 25.2 Å². The van der Waals surface area contributed by atoms with Crippen molar-refractivity contribution in [2.75, 3.05) is 0 Å². The number of phenols is 1. The van der Waals surface area contributed by atoms with Crippen molar-refractivity contribution in [1.29, 1.82) is 0 Å². The highest BCUT2D eigenvalue weighted by atomic mass is 16.5. The average molecular weight is 477 g/mol. The zero-order valence-corrected chi connectivity index (χ0v) is 19.0. The second-order valence-corrected chi connectivity index (χ2v) is 7.89. The summed E-state index contributed by atoms with van der Waals surface area (Å²) in [6.07, 6.45) is -0.447. The highest BCUT2D eigenvalue weighted by molar-refractivity contribution is 5.91. The lowest BCUT2D eigenvalue weighted by Gasteiger charge is -2.23. The van der Waals surface area contributed by atoms with Gasteiger partial charge >= 0.3 is 6.09 Å². The Balaban J connectivity index is 1.71. The van der Waals surface area contributed by atoms with Crippen LogP contribution in [0.15, 0.2) is 84.9 Å². The molecular weight excluding hydrogens is 448 g/mol. The number of carbonyl (C=O) groups is 3. The number of ether oxygens (including phenoxy) is 1. The molecule has 9 heteroatoms. The van der Waals surface area contributed by atoms with Crippen LogP contribution in [0.2, 0.25) is 0 Å². The molecule has 0 heterocycles. The summed E-state index contributed by atoms with van der Waals surface area (Å²) < 4.78 is 5.27. The Morgan fingerprint density at radius 2 is 1.23 bits per heavy atom. The van der Waals surface area contributed by atoms with E-state index in [0.717, 1.165) is 11.1 Å². The van der Waals surface area contributed by atoms with E-state index in [1.807, 2.05) is 60.7 Å². The number of aromatic hydroxyl groups is 1. The second kappa shape index (κ2) is 12.8. The van der Waals surface area contributed by atoms with Crippen LogP contribution >= 0.6 is 0 Å². The highest BCUT2D eigenvalue weighted by Crippen LogP contribution is 2.12. The summed E-state index contributed by atoms with van der Waals surface area (Å²) in [5.41, 5.74) is 4.38. The van der Waals surface area contributed by atoms with Crippen LogP contribution in [0.3, 0.4) is 0 Å². The van der Waals surface area contributed by atoms with E-state index in [1.165, 1.54) is 12.1 Å². The Morgan fingerprint density at radius 3 is 1.80 bits per heavy atom. The highest BCUT2D eigenvalue weighted by Gasteiger charge is 2.27. The fourth-order valence-corrected chi connectivity index (χ4v) is 3.42. The van der Waals surface area contributed by atoms with Crippen molar-refractivity contribution in [2.24, 2.45) is 5.84 Å². The van der Waals surface area contributed by atoms with Gasteiger partial charge in [-0.2, -0.15) is 0 Å². The maximum Gasteiger partial charge on any atom is 0.408 e. The van der Waals surface area contributed by atoms with Gasteiger partial charge in [0.1, 0.15) is 24.4 Å². The summed E-state index contributed by atoms with van der Waals surface area (Å²) in [6.45, 7) is 0.0470. The van der Waals surface area contributed by atoms with Gasteiger partial charge in [0.2, 0.25) is 5.91 Å². The van der Waals surface area contributed by atoms with Gasteiger partial charge < -0.3 is 20.5 Å². The zero-order valence-electron chi connectivity index (χ0n) is 19.0. The predicted molar refractivity (Wildman–Crippen MR) is 130 cm³/mol. The van der Waals surface area contributed by atoms with Crippen molar-refractivity contribution in [3.8, 4) is 5.75 Å². The van der Waals surface area contributed by atoms with Crippen LogP contribution in [-0.2, 0) is 33.8 Å². The molecule has 2 atom stereocenters. The van der Waals surface area contributed by atoms with Crippen molar-refractivity contribution in [2.45, 2.75) is 31.5 Å². The number of rotatable bonds is 10. The van der Waals surface area contributed by atoms with Gasteiger partial charge in [-0.1, -0.05) is 72.8 Å². The Morgan fingerprint density at radius 1 is 0.714 bits per heavy atom. The first-order chi connectivity index (χ1) is 16.9. The number of hydrogen-bond donors (Lipinski definition) is 5. The molecule has 0 radical (unpaired) electrons. The first-order valence-electron chi connectivity index (χ1n) is 11.0. The molecule has 3 aromatic carbocycles. The number of phenolic OH excluding ortho intramolecular Hbond substituents is 1. The van der Waals surface area contributed by atoms with Crippen molar-refractivity contribution in [1.82, 2.24) is 16.1 Å². The number of carbonyl (C=O) groups excluding carboxylic acids is 3. The minimum absolute atomic E-state index is 0.0470. The monoisotopic (exact) mass is 476 g/mol. The van der Waals surface area contributed by atoms with E-state index >= 15 is 0 Å². The van der Waals surface area contributed by atoms with Gasteiger partial charge in [0.05, 0.1) is 0 Å². The normalized spacial score (nSPS) is 12.1. The van der Waals surface area contributed by atoms with Crippen molar-refractivity contribution < 1.29 is 24.2 Å². The average Bonchev–Trinajstić information content (AvgIpc) is 2.88. The minimum Gasteiger partial charge on any atom is -0.508 e. The van der Waals surface area contributed by atoms with Crippen molar-refractivity contribution in [3.05, 3.63) is 102 Å². The summed E-state index contributed by atoms with van der Waals surface area (Å²) in [5.74, 6) is 4.23. The molecule has 0 aliphatic heterocycles. The predicted octanol–water partition coefficient (Wildman–Crippen LogP) is 1.95. The molecule has 0 saturated heterocycles. The van der Waals surface area contributed by atoms with Gasteiger partial charge in [-0.3, -0.25) is 15.0 Å². The molecular formula is C26H28N4O5. The molecule has 0 aliphatic carbocycles. The number of benzene rings is 3. The number of alkyl carbamates (subject to hydrolysis) is 1. The molecule has 9 nitrogen and oxygen atoms in total. The Bertz CT molecular complexity index is 1110.